The molecule has 0 aromatic heterocycles. The lowest BCUT2D eigenvalue weighted by molar-refractivity contribution is -0.114. The number of hydrogen-bond donors (Lipinski definition) is 1. The first-order valence-corrected chi connectivity index (χ1v) is 9.66. The van der Waals surface area contributed by atoms with Crippen LogP contribution in [0.3, 0.4) is 0 Å². The van der Waals surface area contributed by atoms with Crippen molar-refractivity contribution in [3.63, 3.8) is 0 Å². The smallest absolute Gasteiger partial charge is 0.244 e. The molecule has 0 spiro atoms. The summed E-state index contributed by atoms with van der Waals surface area (Å²) in [5.41, 5.74) is 5.74. The number of nitrogens with two attached hydrogens (primary N) is 1. The van der Waals surface area contributed by atoms with Crippen molar-refractivity contribution in [2.75, 3.05) is 0 Å². The third kappa shape index (κ3) is 15.6. The van der Waals surface area contributed by atoms with E-state index in [-0.39, 0.29) is 5.91 Å². The van der Waals surface area contributed by atoms with Crippen LogP contribution in [0.2, 0.25) is 0 Å². The van der Waals surface area contributed by atoms with Crippen molar-refractivity contribution in [3.8, 4) is 0 Å². The van der Waals surface area contributed by atoms with Gasteiger partial charge in [0.15, 0.2) is 0 Å². The molecule has 0 atom stereocenters. The maximum Gasteiger partial charge on any atom is 0.244 e. The second-order valence-electron chi connectivity index (χ2n) is 6.67. The van der Waals surface area contributed by atoms with Gasteiger partial charge in [0.25, 0.3) is 0 Å². The van der Waals surface area contributed by atoms with E-state index in [2.05, 4.69) is 13.5 Å². The Morgan fingerprint density at radius 1 is 0.682 bits per heavy atom. The van der Waals surface area contributed by atoms with E-state index in [1.807, 2.05) is 0 Å². The number of unbranched alkanes of at least 4 members (excludes halogenated alkanes) is 14. The number of carbonyl (C=O) groups is 1. The van der Waals surface area contributed by atoms with Crippen LogP contribution in [0.4, 0.5) is 0 Å². The van der Waals surface area contributed by atoms with Gasteiger partial charge in [0, 0.05) is 5.57 Å². The predicted molar refractivity (Wildman–Crippen MR) is 97.9 cm³/mol. The van der Waals surface area contributed by atoms with E-state index in [0.717, 1.165) is 12.8 Å². The minimum atomic E-state index is -0.342. The molecule has 0 saturated heterocycles. The standard InChI is InChI=1S/C20H39NO/c1-3-4-5-6-7-8-9-10-11-12-13-14-15-16-17-18-19(2)20(21)22/h2-18H2,1H3,(H2,21,22). The summed E-state index contributed by atoms with van der Waals surface area (Å²) < 4.78 is 0. The normalized spacial score (nSPS) is 10.8. The van der Waals surface area contributed by atoms with Crippen molar-refractivity contribution >= 4 is 5.91 Å². The number of carbonyl (C=O) groups excluding carboxylic acids is 1. The number of hydrogen-bond acceptors (Lipinski definition) is 1. The average Bonchev–Trinajstić information content (AvgIpc) is 2.50. The topological polar surface area (TPSA) is 43.1 Å². The van der Waals surface area contributed by atoms with Crippen molar-refractivity contribution in [1.82, 2.24) is 0 Å². The Balaban J connectivity index is 3.05. The van der Waals surface area contributed by atoms with E-state index in [9.17, 15) is 4.79 Å². The molecular weight excluding hydrogens is 270 g/mol. The first-order valence-electron chi connectivity index (χ1n) is 9.66. The lowest BCUT2D eigenvalue weighted by atomic mass is 10.0. The van der Waals surface area contributed by atoms with Crippen LogP contribution in [0.15, 0.2) is 12.2 Å². The summed E-state index contributed by atoms with van der Waals surface area (Å²) in [6.07, 6.45) is 21.2. The third-order valence-electron chi connectivity index (χ3n) is 4.43. The van der Waals surface area contributed by atoms with Gasteiger partial charge in [-0.05, 0) is 12.8 Å². The van der Waals surface area contributed by atoms with E-state index in [0.29, 0.717) is 5.57 Å². The molecule has 1 amide bonds. The number of rotatable bonds is 17. The monoisotopic (exact) mass is 309 g/mol. The maximum atomic E-state index is 10.8. The Labute approximate surface area is 138 Å². The largest absolute Gasteiger partial charge is 0.366 e. The van der Waals surface area contributed by atoms with Crippen LogP contribution in [0.25, 0.3) is 0 Å². The molecule has 0 rings (SSSR count). The molecule has 0 saturated carbocycles. The quantitative estimate of drug-likeness (QED) is 0.249. The van der Waals surface area contributed by atoms with E-state index in [1.54, 1.807) is 0 Å². The van der Waals surface area contributed by atoms with Crippen molar-refractivity contribution < 1.29 is 4.79 Å². The van der Waals surface area contributed by atoms with Crippen molar-refractivity contribution in [1.29, 1.82) is 0 Å². The van der Waals surface area contributed by atoms with Gasteiger partial charge in [0.2, 0.25) is 5.91 Å². The van der Waals surface area contributed by atoms with Gasteiger partial charge in [-0.1, -0.05) is 103 Å². The van der Waals surface area contributed by atoms with Gasteiger partial charge in [0.05, 0.1) is 0 Å². The fourth-order valence-electron chi connectivity index (χ4n) is 2.83. The summed E-state index contributed by atoms with van der Waals surface area (Å²) in [5.74, 6) is -0.342. The molecule has 0 aliphatic rings. The van der Waals surface area contributed by atoms with Crippen LogP contribution in [-0.2, 0) is 4.79 Å². The molecular formula is C20H39NO. The van der Waals surface area contributed by atoms with Crippen LogP contribution in [0.1, 0.15) is 110 Å². The molecule has 0 aliphatic heterocycles. The molecule has 0 aromatic carbocycles. The van der Waals surface area contributed by atoms with Crippen LogP contribution < -0.4 is 5.73 Å². The van der Waals surface area contributed by atoms with E-state index in [4.69, 9.17) is 5.73 Å². The van der Waals surface area contributed by atoms with Gasteiger partial charge < -0.3 is 5.73 Å². The molecule has 0 aromatic rings. The van der Waals surface area contributed by atoms with Gasteiger partial charge in [0.1, 0.15) is 0 Å². The molecule has 130 valence electrons. The highest BCUT2D eigenvalue weighted by molar-refractivity contribution is 5.91. The molecule has 0 unspecified atom stereocenters. The van der Waals surface area contributed by atoms with E-state index >= 15 is 0 Å². The highest BCUT2D eigenvalue weighted by Gasteiger charge is 2.00. The van der Waals surface area contributed by atoms with Gasteiger partial charge in [-0.15, -0.1) is 0 Å². The molecule has 22 heavy (non-hydrogen) atoms. The van der Waals surface area contributed by atoms with Crippen molar-refractivity contribution in [3.05, 3.63) is 12.2 Å². The van der Waals surface area contributed by atoms with Crippen molar-refractivity contribution in [2.45, 2.75) is 110 Å². The first kappa shape index (κ1) is 21.2. The Morgan fingerprint density at radius 2 is 1.00 bits per heavy atom. The number of amides is 1. The molecule has 0 heterocycles. The van der Waals surface area contributed by atoms with E-state index < -0.39 is 0 Å². The highest BCUT2D eigenvalue weighted by Crippen LogP contribution is 2.14. The van der Waals surface area contributed by atoms with Crippen LogP contribution in [0, 0.1) is 0 Å². The molecule has 0 fully saturated rings. The number of primary amides is 1. The second-order valence-corrected chi connectivity index (χ2v) is 6.67. The minimum Gasteiger partial charge on any atom is -0.366 e. The van der Waals surface area contributed by atoms with Crippen molar-refractivity contribution in [2.24, 2.45) is 5.73 Å². The fourth-order valence-corrected chi connectivity index (χ4v) is 2.83. The lowest BCUT2D eigenvalue weighted by Crippen LogP contribution is -2.12. The molecule has 2 nitrogen and oxygen atoms in total. The maximum absolute atomic E-state index is 10.8. The lowest BCUT2D eigenvalue weighted by Gasteiger charge is -2.04. The second kappa shape index (κ2) is 16.6. The molecule has 2 heteroatoms. The first-order chi connectivity index (χ1) is 10.7. The summed E-state index contributed by atoms with van der Waals surface area (Å²) >= 11 is 0. The van der Waals surface area contributed by atoms with Gasteiger partial charge in [-0.3, -0.25) is 4.79 Å². The zero-order valence-corrected chi connectivity index (χ0v) is 15.0. The summed E-state index contributed by atoms with van der Waals surface area (Å²) in [5, 5.41) is 0. The van der Waals surface area contributed by atoms with E-state index in [1.165, 1.54) is 89.9 Å². The molecule has 0 bridgehead atoms. The van der Waals surface area contributed by atoms with Crippen LogP contribution >= 0.6 is 0 Å². The Morgan fingerprint density at radius 3 is 1.32 bits per heavy atom. The van der Waals surface area contributed by atoms with Gasteiger partial charge in [-0.25, -0.2) is 0 Å². The SMILES string of the molecule is C=C(CCCCCCCCCCCCCCCCC)C(N)=O. The van der Waals surface area contributed by atoms with Crippen LogP contribution in [-0.4, -0.2) is 5.91 Å². The van der Waals surface area contributed by atoms with Crippen LogP contribution in [0.5, 0.6) is 0 Å². The van der Waals surface area contributed by atoms with Gasteiger partial charge in [-0.2, -0.15) is 0 Å². The van der Waals surface area contributed by atoms with Gasteiger partial charge >= 0.3 is 0 Å². The molecule has 0 radical (unpaired) electrons. The Bertz CT molecular complexity index is 273. The third-order valence-corrected chi connectivity index (χ3v) is 4.43. The summed E-state index contributed by atoms with van der Waals surface area (Å²) in [6.45, 7) is 5.96. The zero-order valence-electron chi connectivity index (χ0n) is 15.0. The Hall–Kier alpha value is -0.790. The summed E-state index contributed by atoms with van der Waals surface area (Å²) in [7, 11) is 0. The predicted octanol–water partition coefficient (Wildman–Crippen LogP) is 6.29. The fraction of sp³-hybridized carbons (Fsp3) is 0.850. The molecule has 0 aliphatic carbocycles. The Kier molecular flexibility index (Phi) is 16.0. The highest BCUT2D eigenvalue weighted by atomic mass is 16.1. The summed E-state index contributed by atoms with van der Waals surface area (Å²) in [6, 6.07) is 0. The summed E-state index contributed by atoms with van der Waals surface area (Å²) in [4.78, 5) is 10.8. The molecule has 2 N–H and O–H groups in total. The zero-order chi connectivity index (χ0) is 16.5. The minimum absolute atomic E-state index is 0.342. The average molecular weight is 310 g/mol.